The molecule has 3 aromatic rings. The number of hydrogen-bond acceptors (Lipinski definition) is 5. The fourth-order valence-electron chi connectivity index (χ4n) is 5.19. The van der Waals surface area contributed by atoms with Gasteiger partial charge >= 0.3 is 0 Å². The first-order valence-electron chi connectivity index (χ1n) is 13.5. The first kappa shape index (κ1) is 26.0. The third-order valence-electron chi connectivity index (χ3n) is 7.57. The Morgan fingerprint density at radius 2 is 1.76 bits per heavy atom. The summed E-state index contributed by atoms with van der Waals surface area (Å²) in [6.45, 7) is 4.26. The SMILES string of the molecule is CCC(=O)N[C@H]1CC[C@H](NC(=O)c2c(C)[nH]c3c(-c4cc(F)c(OC)cc4OCC4CC4)ccnc23)CC1. The number of halogens is 1. The largest absolute Gasteiger partial charge is 0.494 e. The first-order chi connectivity index (χ1) is 18.4. The molecule has 2 aliphatic rings. The molecule has 0 radical (unpaired) electrons. The van der Waals surface area contributed by atoms with E-state index in [1.807, 2.05) is 13.8 Å². The predicted molar refractivity (Wildman–Crippen MR) is 143 cm³/mol. The number of carbonyl (C=O) groups excluding carboxylic acids is 2. The van der Waals surface area contributed by atoms with Crippen LogP contribution < -0.4 is 20.1 Å². The summed E-state index contributed by atoms with van der Waals surface area (Å²) < 4.78 is 26.1. The summed E-state index contributed by atoms with van der Waals surface area (Å²) >= 11 is 0. The summed E-state index contributed by atoms with van der Waals surface area (Å²) in [5.74, 6) is 0.567. The van der Waals surface area contributed by atoms with Gasteiger partial charge in [-0.05, 0) is 63.5 Å². The zero-order valence-corrected chi connectivity index (χ0v) is 22.2. The Kier molecular flexibility index (Phi) is 7.53. The van der Waals surface area contributed by atoms with Gasteiger partial charge in [0.25, 0.3) is 5.91 Å². The lowest BCUT2D eigenvalue weighted by Crippen LogP contribution is -2.43. The molecule has 202 valence electrons. The molecule has 0 aliphatic heterocycles. The van der Waals surface area contributed by atoms with E-state index in [0.29, 0.717) is 58.1 Å². The molecule has 5 rings (SSSR count). The van der Waals surface area contributed by atoms with Crippen LogP contribution in [0.3, 0.4) is 0 Å². The van der Waals surface area contributed by atoms with Crippen molar-refractivity contribution in [1.82, 2.24) is 20.6 Å². The number of pyridine rings is 1. The molecule has 2 fully saturated rings. The molecule has 8 nitrogen and oxygen atoms in total. The molecule has 0 spiro atoms. The van der Waals surface area contributed by atoms with Crippen molar-refractivity contribution < 1.29 is 23.5 Å². The van der Waals surface area contributed by atoms with Gasteiger partial charge in [-0.1, -0.05) is 6.92 Å². The Morgan fingerprint density at radius 1 is 1.05 bits per heavy atom. The van der Waals surface area contributed by atoms with Crippen LogP contribution in [0.2, 0.25) is 0 Å². The number of aryl methyl sites for hydroxylation is 1. The standard InChI is InChI=1S/C29H35FN4O4/c1-4-25(35)33-18-7-9-19(10-8-18)34-29(36)26-16(2)32-27-20(11-12-31-28(26)27)21-13-22(30)24(37-3)14-23(21)38-15-17-5-6-17/h11-14,17-19,32H,4-10,15H2,1-3H3,(H,33,35)(H,34,36)/t18-,19-. The Hall–Kier alpha value is -3.62. The van der Waals surface area contributed by atoms with Gasteiger partial charge in [-0.15, -0.1) is 0 Å². The Balaban J connectivity index is 1.40. The van der Waals surface area contributed by atoms with Gasteiger partial charge in [0.2, 0.25) is 5.91 Å². The monoisotopic (exact) mass is 522 g/mol. The highest BCUT2D eigenvalue weighted by atomic mass is 19.1. The van der Waals surface area contributed by atoms with Gasteiger partial charge < -0.3 is 25.1 Å². The number of nitrogens with zero attached hydrogens (tertiary/aromatic N) is 1. The second kappa shape index (κ2) is 11.0. The van der Waals surface area contributed by atoms with E-state index in [2.05, 4.69) is 20.6 Å². The Bertz CT molecular complexity index is 1340. The van der Waals surface area contributed by atoms with Crippen molar-refractivity contribution in [1.29, 1.82) is 0 Å². The van der Waals surface area contributed by atoms with E-state index in [0.717, 1.165) is 38.5 Å². The smallest absolute Gasteiger partial charge is 0.255 e. The minimum absolute atomic E-state index is 0.0305. The molecule has 2 heterocycles. The van der Waals surface area contributed by atoms with Crippen molar-refractivity contribution in [2.75, 3.05) is 13.7 Å². The van der Waals surface area contributed by atoms with Crippen molar-refractivity contribution in [3.63, 3.8) is 0 Å². The molecule has 38 heavy (non-hydrogen) atoms. The lowest BCUT2D eigenvalue weighted by atomic mass is 9.91. The van der Waals surface area contributed by atoms with Gasteiger partial charge in [0.15, 0.2) is 11.6 Å². The summed E-state index contributed by atoms with van der Waals surface area (Å²) in [4.78, 5) is 33.0. The van der Waals surface area contributed by atoms with Gasteiger partial charge in [0.05, 0.1) is 24.8 Å². The molecule has 1 aromatic carbocycles. The lowest BCUT2D eigenvalue weighted by molar-refractivity contribution is -0.121. The van der Waals surface area contributed by atoms with Crippen molar-refractivity contribution >= 4 is 22.8 Å². The fourth-order valence-corrected chi connectivity index (χ4v) is 5.19. The van der Waals surface area contributed by atoms with E-state index in [1.165, 1.54) is 13.2 Å². The molecule has 0 saturated heterocycles. The number of benzene rings is 1. The quantitative estimate of drug-likeness (QED) is 0.365. The summed E-state index contributed by atoms with van der Waals surface area (Å²) in [5, 5.41) is 6.21. The number of nitrogens with one attached hydrogen (secondary N) is 3. The lowest BCUT2D eigenvalue weighted by Gasteiger charge is -2.29. The van der Waals surface area contributed by atoms with Crippen LogP contribution in [0, 0.1) is 18.7 Å². The Labute approximate surface area is 221 Å². The highest BCUT2D eigenvalue weighted by molar-refractivity contribution is 6.09. The highest BCUT2D eigenvalue weighted by Crippen LogP contribution is 2.40. The van der Waals surface area contributed by atoms with Crippen molar-refractivity contribution in [2.45, 2.75) is 70.9 Å². The van der Waals surface area contributed by atoms with Crippen LogP contribution in [0.15, 0.2) is 24.4 Å². The summed E-state index contributed by atoms with van der Waals surface area (Å²) in [6, 6.07) is 5.00. The third-order valence-corrected chi connectivity index (χ3v) is 7.57. The van der Waals surface area contributed by atoms with Crippen LogP contribution in [0.1, 0.15) is 67.9 Å². The van der Waals surface area contributed by atoms with Gasteiger partial charge in [-0.3, -0.25) is 14.6 Å². The second-order valence-corrected chi connectivity index (χ2v) is 10.4. The summed E-state index contributed by atoms with van der Waals surface area (Å²) in [5.41, 5.74) is 3.65. The van der Waals surface area contributed by atoms with Gasteiger partial charge in [-0.2, -0.15) is 0 Å². The second-order valence-electron chi connectivity index (χ2n) is 10.4. The maximum Gasteiger partial charge on any atom is 0.255 e. The molecule has 9 heteroatoms. The van der Waals surface area contributed by atoms with E-state index in [-0.39, 0.29) is 29.6 Å². The van der Waals surface area contributed by atoms with Crippen molar-refractivity contribution in [3.8, 4) is 22.6 Å². The van der Waals surface area contributed by atoms with E-state index in [4.69, 9.17) is 9.47 Å². The molecule has 0 bridgehead atoms. The van der Waals surface area contributed by atoms with Crippen LogP contribution in [-0.4, -0.2) is 47.6 Å². The number of fused-ring (bicyclic) bond motifs is 1. The van der Waals surface area contributed by atoms with Crippen LogP contribution in [0.5, 0.6) is 11.5 Å². The number of hydrogen-bond donors (Lipinski definition) is 3. The molecule has 3 N–H and O–H groups in total. The number of methoxy groups -OCH3 is 1. The van der Waals surface area contributed by atoms with Gasteiger partial charge in [0.1, 0.15) is 11.3 Å². The van der Waals surface area contributed by atoms with Crippen LogP contribution >= 0.6 is 0 Å². The van der Waals surface area contributed by atoms with Crippen LogP contribution in [-0.2, 0) is 4.79 Å². The normalized spacial score (nSPS) is 19.3. The van der Waals surface area contributed by atoms with Gasteiger partial charge in [0, 0.05) is 47.6 Å². The minimum atomic E-state index is -0.488. The number of amides is 2. The van der Waals surface area contributed by atoms with Gasteiger partial charge in [-0.25, -0.2) is 4.39 Å². The topological polar surface area (TPSA) is 105 Å². The average Bonchev–Trinajstić information content (AvgIpc) is 3.68. The van der Waals surface area contributed by atoms with E-state index in [9.17, 15) is 14.0 Å². The molecule has 0 atom stereocenters. The fraction of sp³-hybridized carbons (Fsp3) is 0.483. The number of aromatic nitrogens is 2. The minimum Gasteiger partial charge on any atom is -0.494 e. The van der Waals surface area contributed by atoms with Crippen LogP contribution in [0.25, 0.3) is 22.2 Å². The molecule has 0 unspecified atom stereocenters. The van der Waals surface area contributed by atoms with Crippen molar-refractivity contribution in [3.05, 3.63) is 41.5 Å². The van der Waals surface area contributed by atoms with Crippen LogP contribution in [0.4, 0.5) is 4.39 Å². The summed E-state index contributed by atoms with van der Waals surface area (Å²) in [6.07, 6.45) is 7.64. The Morgan fingerprint density at radius 3 is 2.42 bits per heavy atom. The molecular formula is C29H35FN4O4. The predicted octanol–water partition coefficient (Wildman–Crippen LogP) is 5.04. The van der Waals surface area contributed by atoms with E-state index < -0.39 is 5.82 Å². The molecule has 2 aromatic heterocycles. The maximum atomic E-state index is 14.8. The third kappa shape index (κ3) is 5.47. The molecule has 2 aliphatic carbocycles. The average molecular weight is 523 g/mol. The number of aromatic amines is 1. The zero-order valence-electron chi connectivity index (χ0n) is 22.2. The number of rotatable bonds is 9. The molecular weight excluding hydrogens is 487 g/mol. The maximum absolute atomic E-state index is 14.8. The molecule has 2 saturated carbocycles. The van der Waals surface area contributed by atoms with E-state index >= 15 is 0 Å². The van der Waals surface area contributed by atoms with E-state index in [1.54, 1.807) is 18.3 Å². The molecule has 2 amide bonds. The number of ether oxygens (including phenoxy) is 2. The number of H-pyrrole nitrogens is 1. The first-order valence-corrected chi connectivity index (χ1v) is 13.5. The number of carbonyl (C=O) groups is 2. The zero-order chi connectivity index (χ0) is 26.8. The highest BCUT2D eigenvalue weighted by Gasteiger charge is 2.27. The summed E-state index contributed by atoms with van der Waals surface area (Å²) in [7, 11) is 1.43. The van der Waals surface area contributed by atoms with Crippen molar-refractivity contribution in [2.24, 2.45) is 5.92 Å².